The number of methoxy groups -OCH3 is 1. The highest BCUT2D eigenvalue weighted by Crippen LogP contribution is 2.08. The molecule has 1 unspecified atom stereocenters. The Labute approximate surface area is 83.4 Å². The van der Waals surface area contributed by atoms with Gasteiger partial charge in [0, 0.05) is 20.1 Å². The molecule has 5 nitrogen and oxygen atoms in total. The van der Waals surface area contributed by atoms with E-state index in [2.05, 4.69) is 5.32 Å². The molecule has 5 heteroatoms. The summed E-state index contributed by atoms with van der Waals surface area (Å²) >= 11 is 0. The Kier molecular flexibility index (Phi) is 4.31. The summed E-state index contributed by atoms with van der Waals surface area (Å²) in [6, 6.07) is -0.371. The zero-order valence-corrected chi connectivity index (χ0v) is 8.53. The molecule has 0 aliphatic carbocycles. The van der Waals surface area contributed by atoms with Crippen LogP contribution in [0.3, 0.4) is 0 Å². The van der Waals surface area contributed by atoms with Gasteiger partial charge in [0.2, 0.25) is 0 Å². The second-order valence-electron chi connectivity index (χ2n) is 3.55. The van der Waals surface area contributed by atoms with Gasteiger partial charge in [0.15, 0.2) is 0 Å². The molecule has 1 aliphatic rings. The lowest BCUT2D eigenvalue weighted by atomic mass is 10.2. The molecule has 0 bridgehead atoms. The van der Waals surface area contributed by atoms with Crippen LogP contribution in [-0.4, -0.2) is 49.6 Å². The minimum absolute atomic E-state index is 0.243. The van der Waals surface area contributed by atoms with Gasteiger partial charge in [0.05, 0.1) is 12.7 Å². The highest BCUT2D eigenvalue weighted by atomic mass is 16.6. The van der Waals surface area contributed by atoms with Gasteiger partial charge in [0.25, 0.3) is 0 Å². The average Bonchev–Trinajstić information content (AvgIpc) is 2.52. The zero-order chi connectivity index (χ0) is 10.6. The van der Waals surface area contributed by atoms with Gasteiger partial charge < -0.3 is 19.9 Å². The van der Waals surface area contributed by atoms with Crippen molar-refractivity contribution in [2.24, 2.45) is 0 Å². The average molecular weight is 203 g/mol. The van der Waals surface area contributed by atoms with E-state index < -0.39 is 6.10 Å². The second kappa shape index (κ2) is 5.29. The van der Waals surface area contributed by atoms with Crippen LogP contribution < -0.4 is 5.32 Å². The maximum atomic E-state index is 11.4. The molecule has 1 heterocycles. The topological polar surface area (TPSA) is 67.8 Å². The number of nitrogens with one attached hydrogen (secondary N) is 1. The fourth-order valence-corrected chi connectivity index (χ4v) is 1.45. The normalized spacial score (nSPS) is 28.8. The highest BCUT2D eigenvalue weighted by molar-refractivity contribution is 5.76. The quantitative estimate of drug-likeness (QED) is 0.591. The van der Waals surface area contributed by atoms with E-state index in [0.717, 1.165) is 0 Å². The molecular formula is C9H17NO4. The van der Waals surface area contributed by atoms with Crippen LogP contribution in [0, 0.1) is 0 Å². The van der Waals surface area contributed by atoms with Crippen molar-refractivity contribution in [3.63, 3.8) is 0 Å². The van der Waals surface area contributed by atoms with Crippen LogP contribution in [0.1, 0.15) is 13.3 Å². The first-order valence-corrected chi connectivity index (χ1v) is 4.74. The fourth-order valence-electron chi connectivity index (χ4n) is 1.45. The number of carbonyl (C=O) groups excluding carboxylic acids is 1. The number of hydrogen-bond acceptors (Lipinski definition) is 5. The minimum atomic E-state index is -0.440. The first kappa shape index (κ1) is 11.4. The van der Waals surface area contributed by atoms with Crippen LogP contribution in [-0.2, 0) is 14.3 Å². The Hall–Kier alpha value is -0.650. The number of hydrogen-bond donors (Lipinski definition) is 2. The van der Waals surface area contributed by atoms with E-state index >= 15 is 0 Å². The van der Waals surface area contributed by atoms with Gasteiger partial charge in [0.1, 0.15) is 12.1 Å². The van der Waals surface area contributed by atoms with Crippen molar-refractivity contribution in [3.8, 4) is 0 Å². The summed E-state index contributed by atoms with van der Waals surface area (Å²) in [5.41, 5.74) is 0. The number of aliphatic hydroxyl groups excluding tert-OH is 1. The van der Waals surface area contributed by atoms with Crippen LogP contribution in [0.15, 0.2) is 0 Å². The van der Waals surface area contributed by atoms with Crippen molar-refractivity contribution in [2.75, 3.05) is 20.3 Å². The van der Waals surface area contributed by atoms with E-state index in [0.29, 0.717) is 19.6 Å². The van der Waals surface area contributed by atoms with Crippen molar-refractivity contribution in [3.05, 3.63) is 0 Å². The maximum absolute atomic E-state index is 11.4. The Balaban J connectivity index is 2.27. The summed E-state index contributed by atoms with van der Waals surface area (Å²) in [6.07, 6.45) is -0.254. The Morgan fingerprint density at radius 1 is 1.71 bits per heavy atom. The molecule has 2 N–H and O–H groups in total. The van der Waals surface area contributed by atoms with Crippen LogP contribution >= 0.6 is 0 Å². The summed E-state index contributed by atoms with van der Waals surface area (Å²) in [6.45, 7) is 2.62. The molecule has 0 radical (unpaired) electrons. The molecule has 1 aliphatic heterocycles. The summed E-state index contributed by atoms with van der Waals surface area (Å²) in [5.74, 6) is -0.314. The smallest absolute Gasteiger partial charge is 0.323 e. The van der Waals surface area contributed by atoms with Gasteiger partial charge in [-0.25, -0.2) is 0 Å². The SMILES string of the molecule is COCC(C)OC(=O)[C@H]1C[C@@H](O)CN1. The third kappa shape index (κ3) is 3.25. The lowest BCUT2D eigenvalue weighted by Crippen LogP contribution is -2.35. The number of rotatable bonds is 4. The van der Waals surface area contributed by atoms with E-state index in [1.807, 2.05) is 0 Å². The van der Waals surface area contributed by atoms with Gasteiger partial charge in [-0.2, -0.15) is 0 Å². The molecule has 14 heavy (non-hydrogen) atoms. The maximum Gasteiger partial charge on any atom is 0.323 e. The van der Waals surface area contributed by atoms with Crippen molar-refractivity contribution in [1.29, 1.82) is 0 Å². The number of β-amino-alcohol motifs (C(OH)–C–C–N with tert-alkyl or cyclic N) is 1. The largest absolute Gasteiger partial charge is 0.459 e. The molecule has 0 aromatic rings. The summed E-state index contributed by atoms with van der Waals surface area (Å²) in [5, 5.41) is 12.1. The third-order valence-corrected chi connectivity index (χ3v) is 2.11. The van der Waals surface area contributed by atoms with Gasteiger partial charge in [-0.3, -0.25) is 4.79 Å². The van der Waals surface area contributed by atoms with Crippen molar-refractivity contribution in [1.82, 2.24) is 5.32 Å². The first-order valence-electron chi connectivity index (χ1n) is 4.74. The molecule has 0 aromatic heterocycles. The van der Waals surface area contributed by atoms with Crippen molar-refractivity contribution in [2.45, 2.75) is 31.6 Å². The molecule has 0 aromatic carbocycles. The number of ether oxygens (including phenoxy) is 2. The molecule has 1 rings (SSSR count). The summed E-state index contributed by atoms with van der Waals surface area (Å²) in [7, 11) is 1.56. The van der Waals surface area contributed by atoms with E-state index in [-0.39, 0.29) is 18.1 Å². The summed E-state index contributed by atoms with van der Waals surface area (Å²) in [4.78, 5) is 11.4. The molecule has 82 valence electrons. The van der Waals surface area contributed by atoms with E-state index in [1.54, 1.807) is 14.0 Å². The van der Waals surface area contributed by atoms with Crippen molar-refractivity contribution >= 4 is 5.97 Å². The van der Waals surface area contributed by atoms with Gasteiger partial charge in [-0.15, -0.1) is 0 Å². The molecule has 0 spiro atoms. The number of carbonyl (C=O) groups is 1. The lowest BCUT2D eigenvalue weighted by molar-refractivity contribution is -0.152. The molecule has 0 amide bonds. The van der Waals surface area contributed by atoms with Gasteiger partial charge in [-0.1, -0.05) is 0 Å². The third-order valence-electron chi connectivity index (χ3n) is 2.11. The second-order valence-corrected chi connectivity index (χ2v) is 3.55. The first-order chi connectivity index (χ1) is 6.63. The van der Waals surface area contributed by atoms with Crippen LogP contribution in [0.4, 0.5) is 0 Å². The monoisotopic (exact) mass is 203 g/mol. The number of aliphatic hydroxyl groups is 1. The molecular weight excluding hydrogens is 186 g/mol. The van der Waals surface area contributed by atoms with Crippen LogP contribution in [0.5, 0.6) is 0 Å². The minimum Gasteiger partial charge on any atom is -0.459 e. The molecule has 3 atom stereocenters. The number of esters is 1. The zero-order valence-electron chi connectivity index (χ0n) is 8.53. The van der Waals surface area contributed by atoms with Crippen molar-refractivity contribution < 1.29 is 19.4 Å². The van der Waals surface area contributed by atoms with E-state index in [9.17, 15) is 9.90 Å². The Morgan fingerprint density at radius 2 is 2.43 bits per heavy atom. The van der Waals surface area contributed by atoms with E-state index in [1.165, 1.54) is 0 Å². The fraction of sp³-hybridized carbons (Fsp3) is 0.889. The predicted molar refractivity (Wildman–Crippen MR) is 49.8 cm³/mol. The highest BCUT2D eigenvalue weighted by Gasteiger charge is 2.30. The lowest BCUT2D eigenvalue weighted by Gasteiger charge is -2.15. The predicted octanol–water partition coefficient (Wildman–Crippen LogP) is -0.713. The van der Waals surface area contributed by atoms with Crippen LogP contribution in [0.25, 0.3) is 0 Å². The Morgan fingerprint density at radius 3 is 2.93 bits per heavy atom. The standard InChI is InChI=1S/C9H17NO4/c1-6(5-13-2)14-9(12)8-3-7(11)4-10-8/h6-8,10-11H,3-5H2,1-2H3/t6?,7-,8-/m1/s1. The molecule has 1 saturated heterocycles. The molecule has 1 fully saturated rings. The van der Waals surface area contributed by atoms with Crippen LogP contribution in [0.2, 0.25) is 0 Å². The summed E-state index contributed by atoms with van der Waals surface area (Å²) < 4.78 is 9.93. The molecule has 0 saturated carbocycles. The Bertz CT molecular complexity index is 197. The van der Waals surface area contributed by atoms with Gasteiger partial charge >= 0.3 is 5.97 Å². The van der Waals surface area contributed by atoms with Gasteiger partial charge in [-0.05, 0) is 6.92 Å². The van der Waals surface area contributed by atoms with E-state index in [4.69, 9.17) is 9.47 Å².